The zero-order valence-corrected chi connectivity index (χ0v) is 14.1. The molecular formula is C13H28ClN3O2S. The minimum atomic E-state index is -3.28. The topological polar surface area (TPSA) is 61.4 Å². The molecule has 0 aromatic heterocycles. The van der Waals surface area contributed by atoms with Gasteiger partial charge >= 0.3 is 0 Å². The van der Waals surface area contributed by atoms with Crippen LogP contribution < -0.4 is 10.0 Å². The van der Waals surface area contributed by atoms with Crippen LogP contribution in [0, 0.1) is 17.8 Å². The Morgan fingerprint density at radius 2 is 1.90 bits per heavy atom. The van der Waals surface area contributed by atoms with Crippen molar-refractivity contribution in [3.05, 3.63) is 0 Å². The summed E-state index contributed by atoms with van der Waals surface area (Å²) in [5.74, 6) is 1.54. The second-order valence-electron chi connectivity index (χ2n) is 6.31. The van der Waals surface area contributed by atoms with E-state index in [9.17, 15) is 8.42 Å². The SMILES string of the molecule is CC1CC(C)CN(S(=O)(=O)NCCC2CCNC2)C1.Cl. The van der Waals surface area contributed by atoms with Crippen LogP contribution >= 0.6 is 12.4 Å². The largest absolute Gasteiger partial charge is 0.316 e. The Hall–Kier alpha value is 0.120. The van der Waals surface area contributed by atoms with E-state index in [0.717, 1.165) is 25.9 Å². The Labute approximate surface area is 129 Å². The molecule has 5 nitrogen and oxygen atoms in total. The molecule has 2 fully saturated rings. The van der Waals surface area contributed by atoms with Crippen LogP contribution in [0.3, 0.4) is 0 Å². The fraction of sp³-hybridized carbons (Fsp3) is 1.00. The van der Waals surface area contributed by atoms with Crippen molar-refractivity contribution >= 4 is 22.6 Å². The third-order valence-corrected chi connectivity index (χ3v) is 5.72. The zero-order chi connectivity index (χ0) is 13.9. The van der Waals surface area contributed by atoms with Crippen molar-refractivity contribution in [3.8, 4) is 0 Å². The quantitative estimate of drug-likeness (QED) is 0.799. The smallest absolute Gasteiger partial charge is 0.279 e. The maximum Gasteiger partial charge on any atom is 0.279 e. The molecule has 20 heavy (non-hydrogen) atoms. The summed E-state index contributed by atoms with van der Waals surface area (Å²) in [6.07, 6.45) is 3.23. The molecule has 0 amide bonds. The molecule has 3 atom stereocenters. The lowest BCUT2D eigenvalue weighted by Gasteiger charge is -2.34. The Balaban J connectivity index is 0.00000200. The van der Waals surface area contributed by atoms with Gasteiger partial charge in [0.25, 0.3) is 10.2 Å². The summed E-state index contributed by atoms with van der Waals surface area (Å²) >= 11 is 0. The van der Waals surface area contributed by atoms with Crippen molar-refractivity contribution in [1.29, 1.82) is 0 Å². The molecule has 0 bridgehead atoms. The average Bonchev–Trinajstić information content (AvgIpc) is 2.80. The van der Waals surface area contributed by atoms with Crippen molar-refractivity contribution in [2.45, 2.75) is 33.1 Å². The van der Waals surface area contributed by atoms with Gasteiger partial charge in [0.2, 0.25) is 0 Å². The van der Waals surface area contributed by atoms with Crippen molar-refractivity contribution < 1.29 is 8.42 Å². The first-order chi connectivity index (χ1) is 8.97. The van der Waals surface area contributed by atoms with Gasteiger partial charge in [-0.15, -0.1) is 12.4 Å². The predicted octanol–water partition coefficient (Wildman–Crippen LogP) is 1.22. The molecule has 2 aliphatic rings. The molecule has 2 saturated heterocycles. The molecule has 0 radical (unpaired) electrons. The summed E-state index contributed by atoms with van der Waals surface area (Å²) in [4.78, 5) is 0. The summed E-state index contributed by atoms with van der Waals surface area (Å²) in [6, 6.07) is 0. The van der Waals surface area contributed by atoms with E-state index in [-0.39, 0.29) is 12.4 Å². The number of rotatable bonds is 5. The van der Waals surface area contributed by atoms with Crippen molar-refractivity contribution in [2.75, 3.05) is 32.7 Å². The minimum Gasteiger partial charge on any atom is -0.316 e. The highest BCUT2D eigenvalue weighted by Gasteiger charge is 2.30. The lowest BCUT2D eigenvalue weighted by molar-refractivity contribution is 0.220. The van der Waals surface area contributed by atoms with E-state index in [2.05, 4.69) is 23.9 Å². The Morgan fingerprint density at radius 3 is 2.45 bits per heavy atom. The fourth-order valence-electron chi connectivity index (χ4n) is 3.25. The molecule has 3 unspecified atom stereocenters. The number of hydrogen-bond donors (Lipinski definition) is 2. The summed E-state index contributed by atoms with van der Waals surface area (Å²) in [5.41, 5.74) is 0. The van der Waals surface area contributed by atoms with Crippen molar-refractivity contribution in [1.82, 2.24) is 14.3 Å². The lowest BCUT2D eigenvalue weighted by Crippen LogP contribution is -2.48. The molecule has 0 aromatic carbocycles. The lowest BCUT2D eigenvalue weighted by atomic mass is 9.94. The van der Waals surface area contributed by atoms with Crippen LogP contribution in [0.25, 0.3) is 0 Å². The van der Waals surface area contributed by atoms with Crippen LogP contribution in [0.5, 0.6) is 0 Å². The highest BCUT2D eigenvalue weighted by molar-refractivity contribution is 7.87. The van der Waals surface area contributed by atoms with Gasteiger partial charge in [-0.1, -0.05) is 13.8 Å². The van der Waals surface area contributed by atoms with Crippen LogP contribution in [0.1, 0.15) is 33.1 Å². The first-order valence-electron chi connectivity index (χ1n) is 7.43. The molecule has 120 valence electrons. The van der Waals surface area contributed by atoms with Gasteiger partial charge in [0.05, 0.1) is 0 Å². The number of halogens is 1. The van der Waals surface area contributed by atoms with Gasteiger partial charge in [-0.25, -0.2) is 4.72 Å². The first kappa shape index (κ1) is 18.2. The van der Waals surface area contributed by atoms with E-state index in [1.165, 1.54) is 6.42 Å². The van der Waals surface area contributed by atoms with Crippen LogP contribution in [0.4, 0.5) is 0 Å². The van der Waals surface area contributed by atoms with Crippen molar-refractivity contribution in [3.63, 3.8) is 0 Å². The summed E-state index contributed by atoms with van der Waals surface area (Å²) < 4.78 is 28.9. The van der Waals surface area contributed by atoms with Gasteiger partial charge in [0, 0.05) is 19.6 Å². The van der Waals surface area contributed by atoms with E-state index >= 15 is 0 Å². The van der Waals surface area contributed by atoms with Crippen molar-refractivity contribution in [2.24, 2.45) is 17.8 Å². The van der Waals surface area contributed by atoms with Gasteiger partial charge in [-0.2, -0.15) is 12.7 Å². The van der Waals surface area contributed by atoms with E-state index in [1.54, 1.807) is 4.31 Å². The van der Waals surface area contributed by atoms with Crippen LogP contribution in [0.15, 0.2) is 0 Å². The maximum atomic E-state index is 12.2. The molecule has 2 N–H and O–H groups in total. The number of hydrogen-bond acceptors (Lipinski definition) is 3. The molecular weight excluding hydrogens is 298 g/mol. The molecule has 0 spiro atoms. The number of piperidine rings is 1. The second kappa shape index (κ2) is 7.94. The first-order valence-corrected chi connectivity index (χ1v) is 8.87. The monoisotopic (exact) mass is 325 g/mol. The molecule has 0 aromatic rings. The Morgan fingerprint density at radius 1 is 1.25 bits per heavy atom. The molecule has 0 saturated carbocycles. The molecule has 7 heteroatoms. The highest BCUT2D eigenvalue weighted by atomic mass is 35.5. The molecule has 2 heterocycles. The van der Waals surface area contributed by atoms with E-state index in [0.29, 0.717) is 37.4 Å². The number of nitrogens with zero attached hydrogens (tertiary/aromatic N) is 1. The van der Waals surface area contributed by atoms with Gasteiger partial charge in [0.1, 0.15) is 0 Å². The molecule has 0 aliphatic carbocycles. The van der Waals surface area contributed by atoms with Gasteiger partial charge in [-0.3, -0.25) is 0 Å². The zero-order valence-electron chi connectivity index (χ0n) is 12.5. The highest BCUT2D eigenvalue weighted by Crippen LogP contribution is 2.22. The van der Waals surface area contributed by atoms with Crippen LogP contribution in [0.2, 0.25) is 0 Å². The molecule has 2 rings (SSSR count). The Kier molecular flexibility index (Phi) is 7.21. The van der Waals surface area contributed by atoms with E-state index in [4.69, 9.17) is 0 Å². The van der Waals surface area contributed by atoms with Crippen LogP contribution in [-0.2, 0) is 10.2 Å². The van der Waals surface area contributed by atoms with Gasteiger partial charge in [0.15, 0.2) is 0 Å². The number of nitrogens with one attached hydrogen (secondary N) is 2. The van der Waals surface area contributed by atoms with E-state index < -0.39 is 10.2 Å². The summed E-state index contributed by atoms with van der Waals surface area (Å²) in [5, 5.41) is 3.31. The second-order valence-corrected chi connectivity index (χ2v) is 8.07. The standard InChI is InChI=1S/C13H27N3O2S.ClH/c1-11-7-12(2)10-16(9-11)19(17,18)15-6-4-13-3-5-14-8-13;/h11-15H,3-10H2,1-2H3;1H. The maximum absolute atomic E-state index is 12.2. The average molecular weight is 326 g/mol. The summed E-state index contributed by atoms with van der Waals surface area (Å²) in [6.45, 7) is 8.23. The minimum absolute atomic E-state index is 0. The summed E-state index contributed by atoms with van der Waals surface area (Å²) in [7, 11) is -3.28. The van der Waals surface area contributed by atoms with Crippen LogP contribution in [-0.4, -0.2) is 45.4 Å². The van der Waals surface area contributed by atoms with Gasteiger partial charge in [-0.05, 0) is 50.1 Å². The third kappa shape index (κ3) is 5.15. The normalized spacial score (nSPS) is 32.0. The van der Waals surface area contributed by atoms with Gasteiger partial charge < -0.3 is 5.32 Å². The predicted molar refractivity (Wildman–Crippen MR) is 84.3 cm³/mol. The fourth-order valence-corrected chi connectivity index (χ4v) is 4.71. The Bertz CT molecular complexity index is 375. The molecule has 2 aliphatic heterocycles. The third-order valence-electron chi connectivity index (χ3n) is 4.17. The van der Waals surface area contributed by atoms with E-state index in [1.807, 2.05) is 0 Å².